The van der Waals surface area contributed by atoms with E-state index in [1.807, 2.05) is 19.1 Å². The molecule has 1 unspecified atom stereocenters. The Bertz CT molecular complexity index is 543. The maximum Gasteiger partial charge on any atom is 0.128 e. The number of pyridine rings is 1. The van der Waals surface area contributed by atoms with Crippen molar-refractivity contribution in [2.75, 3.05) is 6.54 Å². The van der Waals surface area contributed by atoms with Gasteiger partial charge in [-0.3, -0.25) is 4.98 Å². The van der Waals surface area contributed by atoms with Gasteiger partial charge in [-0.2, -0.15) is 0 Å². The molecule has 1 heterocycles. The van der Waals surface area contributed by atoms with Gasteiger partial charge >= 0.3 is 0 Å². The van der Waals surface area contributed by atoms with Crippen molar-refractivity contribution in [2.24, 2.45) is 0 Å². The lowest BCUT2D eigenvalue weighted by Gasteiger charge is -2.19. The molecule has 0 bridgehead atoms. The lowest BCUT2D eigenvalue weighted by Crippen LogP contribution is -2.22. The molecule has 4 heteroatoms. The average Bonchev–Trinajstić information content (AvgIpc) is 2.47. The summed E-state index contributed by atoms with van der Waals surface area (Å²) in [5.41, 5.74) is 1.47. The first-order valence-electron chi connectivity index (χ1n) is 6.78. The topological polar surface area (TPSA) is 24.9 Å². The maximum absolute atomic E-state index is 13.8. The zero-order chi connectivity index (χ0) is 14.4. The minimum Gasteiger partial charge on any atom is -0.310 e. The Kier molecular flexibility index (Phi) is 5.18. The SMILES string of the molecule is CCNC(CCc1cccnc1)c1cc(F)ccc1F. The minimum atomic E-state index is -0.411. The van der Waals surface area contributed by atoms with E-state index in [2.05, 4.69) is 10.3 Å². The van der Waals surface area contributed by atoms with Crippen LogP contribution in [-0.4, -0.2) is 11.5 Å². The largest absolute Gasteiger partial charge is 0.310 e. The van der Waals surface area contributed by atoms with E-state index >= 15 is 0 Å². The Hall–Kier alpha value is -1.81. The summed E-state index contributed by atoms with van der Waals surface area (Å²) in [7, 11) is 0. The van der Waals surface area contributed by atoms with Gasteiger partial charge in [0.2, 0.25) is 0 Å². The van der Waals surface area contributed by atoms with Gasteiger partial charge in [-0.1, -0.05) is 13.0 Å². The van der Waals surface area contributed by atoms with Crippen molar-refractivity contribution < 1.29 is 8.78 Å². The van der Waals surface area contributed by atoms with Crippen LogP contribution in [0.5, 0.6) is 0 Å². The van der Waals surface area contributed by atoms with Gasteiger partial charge in [0.15, 0.2) is 0 Å². The molecule has 0 radical (unpaired) electrons. The standard InChI is InChI=1S/C16H18F2N2/c1-2-20-16(8-5-12-4-3-9-19-11-12)14-10-13(17)6-7-15(14)18/h3-4,6-7,9-11,16,20H,2,5,8H2,1H3. The van der Waals surface area contributed by atoms with Crippen LogP contribution in [0, 0.1) is 11.6 Å². The third-order valence-corrected chi connectivity index (χ3v) is 3.23. The molecule has 0 fully saturated rings. The molecule has 0 aliphatic heterocycles. The second-order valence-electron chi connectivity index (χ2n) is 4.68. The van der Waals surface area contributed by atoms with Gasteiger partial charge in [-0.15, -0.1) is 0 Å². The zero-order valence-corrected chi connectivity index (χ0v) is 11.4. The number of aryl methyl sites for hydroxylation is 1. The van der Waals surface area contributed by atoms with Gasteiger partial charge in [-0.25, -0.2) is 8.78 Å². The van der Waals surface area contributed by atoms with Crippen LogP contribution in [0.3, 0.4) is 0 Å². The lowest BCUT2D eigenvalue weighted by atomic mass is 9.99. The highest BCUT2D eigenvalue weighted by Crippen LogP contribution is 2.23. The second kappa shape index (κ2) is 7.10. The number of halogens is 2. The summed E-state index contributed by atoms with van der Waals surface area (Å²) >= 11 is 0. The smallest absolute Gasteiger partial charge is 0.128 e. The number of aromatic nitrogens is 1. The van der Waals surface area contributed by atoms with Crippen LogP contribution >= 0.6 is 0 Å². The van der Waals surface area contributed by atoms with Gasteiger partial charge in [0.25, 0.3) is 0 Å². The van der Waals surface area contributed by atoms with Crippen molar-refractivity contribution in [3.05, 3.63) is 65.5 Å². The molecule has 1 aromatic carbocycles. The Morgan fingerprint density at radius 3 is 2.80 bits per heavy atom. The molecule has 1 aromatic heterocycles. The van der Waals surface area contributed by atoms with Crippen LogP contribution < -0.4 is 5.32 Å². The first-order chi connectivity index (χ1) is 9.70. The van der Waals surface area contributed by atoms with Crippen LogP contribution in [0.15, 0.2) is 42.7 Å². The van der Waals surface area contributed by atoms with Crippen LogP contribution in [0.4, 0.5) is 8.78 Å². The van der Waals surface area contributed by atoms with E-state index < -0.39 is 5.82 Å². The molecule has 0 saturated carbocycles. The van der Waals surface area contributed by atoms with Crippen molar-refractivity contribution >= 4 is 0 Å². The molecule has 0 aliphatic carbocycles. The van der Waals surface area contributed by atoms with E-state index in [0.717, 1.165) is 18.1 Å². The second-order valence-corrected chi connectivity index (χ2v) is 4.68. The molecule has 1 atom stereocenters. The average molecular weight is 276 g/mol. The molecule has 0 saturated heterocycles. The Labute approximate surface area is 117 Å². The fourth-order valence-corrected chi connectivity index (χ4v) is 2.25. The summed E-state index contributed by atoms with van der Waals surface area (Å²) in [6, 6.07) is 7.25. The van der Waals surface area contributed by atoms with Gasteiger partial charge in [-0.05, 0) is 49.2 Å². The molecule has 2 rings (SSSR count). The first-order valence-corrected chi connectivity index (χ1v) is 6.78. The normalized spacial score (nSPS) is 12.3. The van der Waals surface area contributed by atoms with E-state index in [-0.39, 0.29) is 11.9 Å². The van der Waals surface area contributed by atoms with E-state index in [4.69, 9.17) is 0 Å². The fraction of sp³-hybridized carbons (Fsp3) is 0.312. The molecule has 106 valence electrons. The number of rotatable bonds is 6. The monoisotopic (exact) mass is 276 g/mol. The van der Waals surface area contributed by atoms with Crippen molar-refractivity contribution in [2.45, 2.75) is 25.8 Å². The Morgan fingerprint density at radius 2 is 2.10 bits per heavy atom. The quantitative estimate of drug-likeness (QED) is 0.871. The predicted octanol–water partition coefficient (Wildman–Crippen LogP) is 3.64. The molecular formula is C16H18F2N2. The van der Waals surface area contributed by atoms with Crippen molar-refractivity contribution in [1.82, 2.24) is 10.3 Å². The van der Waals surface area contributed by atoms with Crippen molar-refractivity contribution in [3.63, 3.8) is 0 Å². The van der Waals surface area contributed by atoms with Crippen LogP contribution in [0.25, 0.3) is 0 Å². The van der Waals surface area contributed by atoms with Crippen LogP contribution in [-0.2, 0) is 6.42 Å². The molecule has 0 spiro atoms. The fourth-order valence-electron chi connectivity index (χ4n) is 2.25. The molecule has 0 amide bonds. The van der Waals surface area contributed by atoms with E-state index in [1.54, 1.807) is 12.4 Å². The minimum absolute atomic E-state index is 0.198. The van der Waals surface area contributed by atoms with Gasteiger partial charge in [0, 0.05) is 24.0 Å². The van der Waals surface area contributed by atoms with Gasteiger partial charge < -0.3 is 5.32 Å². The summed E-state index contributed by atoms with van der Waals surface area (Å²) in [5.74, 6) is -0.783. The summed E-state index contributed by atoms with van der Waals surface area (Å²) < 4.78 is 27.2. The molecule has 20 heavy (non-hydrogen) atoms. The van der Waals surface area contributed by atoms with Crippen LogP contribution in [0.1, 0.15) is 30.5 Å². The third-order valence-electron chi connectivity index (χ3n) is 3.23. The first kappa shape index (κ1) is 14.6. The van der Waals surface area contributed by atoms with E-state index in [9.17, 15) is 8.78 Å². The van der Waals surface area contributed by atoms with Crippen molar-refractivity contribution in [1.29, 1.82) is 0 Å². The highest BCUT2D eigenvalue weighted by Gasteiger charge is 2.15. The predicted molar refractivity (Wildman–Crippen MR) is 75.3 cm³/mol. The molecule has 2 aromatic rings. The van der Waals surface area contributed by atoms with E-state index in [1.165, 1.54) is 12.1 Å². The number of nitrogens with zero attached hydrogens (tertiary/aromatic N) is 1. The summed E-state index contributed by atoms with van der Waals surface area (Å²) in [5, 5.41) is 3.21. The highest BCUT2D eigenvalue weighted by atomic mass is 19.1. The Balaban J connectivity index is 2.12. The van der Waals surface area contributed by atoms with Gasteiger partial charge in [0.1, 0.15) is 11.6 Å². The number of nitrogens with one attached hydrogen (secondary N) is 1. The Morgan fingerprint density at radius 1 is 1.25 bits per heavy atom. The molecule has 2 nitrogen and oxygen atoms in total. The molecule has 0 aliphatic rings. The molecule has 1 N–H and O–H groups in total. The van der Waals surface area contributed by atoms with Crippen molar-refractivity contribution in [3.8, 4) is 0 Å². The summed E-state index contributed by atoms with van der Waals surface area (Å²) in [6.45, 7) is 2.65. The van der Waals surface area contributed by atoms with Crippen LogP contribution in [0.2, 0.25) is 0 Å². The number of hydrogen-bond donors (Lipinski definition) is 1. The molecular weight excluding hydrogens is 258 g/mol. The summed E-state index contributed by atoms with van der Waals surface area (Å²) in [6.07, 6.45) is 4.98. The lowest BCUT2D eigenvalue weighted by molar-refractivity contribution is 0.479. The summed E-state index contributed by atoms with van der Waals surface area (Å²) in [4.78, 5) is 4.06. The number of hydrogen-bond acceptors (Lipinski definition) is 2. The number of benzene rings is 1. The zero-order valence-electron chi connectivity index (χ0n) is 11.4. The maximum atomic E-state index is 13.8. The van der Waals surface area contributed by atoms with E-state index in [0.29, 0.717) is 18.5 Å². The third kappa shape index (κ3) is 3.84. The van der Waals surface area contributed by atoms with Gasteiger partial charge in [0.05, 0.1) is 0 Å². The highest BCUT2D eigenvalue weighted by molar-refractivity contribution is 5.23.